The van der Waals surface area contributed by atoms with Crippen LogP contribution in [0.15, 0.2) is 15.9 Å². The molecule has 0 unspecified atom stereocenters. The summed E-state index contributed by atoms with van der Waals surface area (Å²) < 4.78 is 1.00. The number of carbonyl (C=O) groups excluding carboxylic acids is 1. The Balaban J connectivity index is 2.71. The average molecular weight is 362 g/mol. The summed E-state index contributed by atoms with van der Waals surface area (Å²) in [4.78, 5) is 26.3. The highest BCUT2D eigenvalue weighted by Gasteiger charge is 2.37. The van der Waals surface area contributed by atoms with Gasteiger partial charge in [-0.1, -0.05) is 13.8 Å². The molecule has 1 rings (SSSR count). The van der Waals surface area contributed by atoms with Gasteiger partial charge in [-0.15, -0.1) is 11.3 Å². The molecule has 0 atom stereocenters. The molecule has 1 N–H and O–H groups in total. The van der Waals surface area contributed by atoms with E-state index in [0.29, 0.717) is 19.4 Å². The molecule has 0 fully saturated rings. The highest BCUT2D eigenvalue weighted by Crippen LogP contribution is 2.32. The molecule has 1 aromatic rings. The van der Waals surface area contributed by atoms with Crippen LogP contribution in [0.25, 0.3) is 0 Å². The Labute approximate surface area is 131 Å². The van der Waals surface area contributed by atoms with Crippen molar-refractivity contribution in [2.24, 2.45) is 5.41 Å². The summed E-state index contributed by atoms with van der Waals surface area (Å²) in [7, 11) is 1.72. The second-order valence-corrected chi connectivity index (χ2v) is 6.86. The quantitative estimate of drug-likeness (QED) is 0.804. The second-order valence-electron chi connectivity index (χ2n) is 4.95. The van der Waals surface area contributed by atoms with Gasteiger partial charge in [-0.05, 0) is 34.8 Å². The smallest absolute Gasteiger partial charge is 0.310 e. The fourth-order valence-electron chi connectivity index (χ4n) is 2.06. The van der Waals surface area contributed by atoms with Gasteiger partial charge in [0.1, 0.15) is 0 Å². The van der Waals surface area contributed by atoms with Gasteiger partial charge in [0.25, 0.3) is 0 Å². The Kier molecular flexibility index (Phi) is 6.20. The molecule has 1 aromatic heterocycles. The van der Waals surface area contributed by atoms with Gasteiger partial charge in [0.15, 0.2) is 0 Å². The molecule has 0 aliphatic heterocycles. The van der Waals surface area contributed by atoms with Crippen molar-refractivity contribution in [3.05, 3.63) is 20.8 Å². The highest BCUT2D eigenvalue weighted by molar-refractivity contribution is 9.10. The number of halogens is 1. The number of carboxylic acid groups (broad SMARTS) is 1. The molecule has 0 aliphatic carbocycles. The maximum Gasteiger partial charge on any atom is 0.310 e. The minimum absolute atomic E-state index is 0.0539. The molecule has 6 heteroatoms. The molecule has 0 bridgehead atoms. The van der Waals surface area contributed by atoms with E-state index < -0.39 is 11.4 Å². The highest BCUT2D eigenvalue weighted by atomic mass is 79.9. The van der Waals surface area contributed by atoms with Crippen LogP contribution in [-0.4, -0.2) is 28.9 Å². The molecule has 0 radical (unpaired) electrons. The Bertz CT molecular complexity index is 483. The van der Waals surface area contributed by atoms with Gasteiger partial charge >= 0.3 is 5.97 Å². The van der Waals surface area contributed by atoms with Crippen LogP contribution in [0, 0.1) is 5.41 Å². The Morgan fingerprint density at radius 2 is 2.00 bits per heavy atom. The molecular weight excluding hydrogens is 342 g/mol. The summed E-state index contributed by atoms with van der Waals surface area (Å²) >= 11 is 4.95. The number of hydrogen-bond donors (Lipinski definition) is 1. The number of amides is 1. The first-order valence-corrected chi connectivity index (χ1v) is 8.22. The van der Waals surface area contributed by atoms with Gasteiger partial charge < -0.3 is 10.0 Å². The summed E-state index contributed by atoms with van der Waals surface area (Å²) in [6.45, 7) is 4.15. The first kappa shape index (κ1) is 17.2. The molecule has 1 amide bonds. The van der Waals surface area contributed by atoms with Crippen molar-refractivity contribution in [3.63, 3.8) is 0 Å². The van der Waals surface area contributed by atoms with Crippen molar-refractivity contribution >= 4 is 39.1 Å². The third kappa shape index (κ3) is 4.06. The lowest BCUT2D eigenvalue weighted by atomic mass is 9.79. The van der Waals surface area contributed by atoms with E-state index in [2.05, 4.69) is 15.9 Å². The second kappa shape index (κ2) is 7.22. The molecule has 0 aliphatic rings. The van der Waals surface area contributed by atoms with Gasteiger partial charge in [0, 0.05) is 28.2 Å². The van der Waals surface area contributed by atoms with E-state index in [4.69, 9.17) is 0 Å². The number of rotatable bonds is 7. The van der Waals surface area contributed by atoms with E-state index in [9.17, 15) is 14.7 Å². The van der Waals surface area contributed by atoms with Crippen molar-refractivity contribution in [1.82, 2.24) is 4.90 Å². The summed E-state index contributed by atoms with van der Waals surface area (Å²) in [5.74, 6) is -1.01. The first-order valence-electron chi connectivity index (χ1n) is 6.55. The van der Waals surface area contributed by atoms with Crippen LogP contribution in [0.5, 0.6) is 0 Å². The topological polar surface area (TPSA) is 57.6 Å². The van der Waals surface area contributed by atoms with Gasteiger partial charge in [0.05, 0.1) is 12.0 Å². The van der Waals surface area contributed by atoms with Crippen LogP contribution >= 0.6 is 27.3 Å². The fourth-order valence-corrected chi connectivity index (χ4v) is 3.56. The van der Waals surface area contributed by atoms with Gasteiger partial charge in [-0.2, -0.15) is 0 Å². The monoisotopic (exact) mass is 361 g/mol. The Morgan fingerprint density at radius 3 is 2.40 bits per heavy atom. The van der Waals surface area contributed by atoms with E-state index in [-0.39, 0.29) is 12.3 Å². The SMILES string of the molecule is CCC(CC)(CC(=O)N(C)Cc1cc(Br)cs1)C(=O)O. The van der Waals surface area contributed by atoms with Crippen molar-refractivity contribution in [3.8, 4) is 0 Å². The molecule has 0 aromatic carbocycles. The van der Waals surface area contributed by atoms with Gasteiger partial charge in [-0.25, -0.2) is 0 Å². The summed E-state index contributed by atoms with van der Waals surface area (Å²) in [6, 6.07) is 1.97. The van der Waals surface area contributed by atoms with Gasteiger partial charge in [-0.3, -0.25) is 9.59 Å². The zero-order chi connectivity index (χ0) is 15.3. The molecule has 20 heavy (non-hydrogen) atoms. The minimum Gasteiger partial charge on any atom is -0.481 e. The third-order valence-corrected chi connectivity index (χ3v) is 5.42. The van der Waals surface area contributed by atoms with Crippen molar-refractivity contribution < 1.29 is 14.7 Å². The first-order chi connectivity index (χ1) is 9.34. The molecule has 0 saturated carbocycles. The average Bonchev–Trinajstić information content (AvgIpc) is 2.80. The van der Waals surface area contributed by atoms with Gasteiger partial charge in [0.2, 0.25) is 5.91 Å². The minimum atomic E-state index is -0.943. The summed E-state index contributed by atoms with van der Waals surface area (Å²) in [5, 5.41) is 11.3. The van der Waals surface area contributed by atoms with Crippen LogP contribution in [0.2, 0.25) is 0 Å². The molecule has 112 valence electrons. The molecule has 0 saturated heterocycles. The Morgan fingerprint density at radius 1 is 1.40 bits per heavy atom. The maximum absolute atomic E-state index is 12.2. The predicted octanol–water partition coefficient (Wildman–Crippen LogP) is 3.75. The largest absolute Gasteiger partial charge is 0.481 e. The van der Waals surface area contributed by atoms with Crippen molar-refractivity contribution in [2.45, 2.75) is 39.7 Å². The van der Waals surface area contributed by atoms with Crippen molar-refractivity contribution in [2.75, 3.05) is 7.05 Å². The number of nitrogens with zero attached hydrogens (tertiary/aromatic N) is 1. The van der Waals surface area contributed by atoms with Crippen LogP contribution in [0.4, 0.5) is 0 Å². The molecule has 0 spiro atoms. The normalized spacial score (nSPS) is 11.4. The molecule has 1 heterocycles. The molecule has 4 nitrogen and oxygen atoms in total. The zero-order valence-corrected chi connectivity index (χ0v) is 14.4. The lowest BCUT2D eigenvalue weighted by Gasteiger charge is -2.28. The number of carbonyl (C=O) groups is 2. The number of thiophene rings is 1. The number of carboxylic acids is 1. The third-order valence-electron chi connectivity index (χ3n) is 3.74. The fraction of sp³-hybridized carbons (Fsp3) is 0.571. The van der Waals surface area contributed by atoms with Crippen molar-refractivity contribution in [1.29, 1.82) is 0 Å². The van der Waals surface area contributed by atoms with Crippen LogP contribution in [-0.2, 0) is 16.1 Å². The van der Waals surface area contributed by atoms with E-state index in [0.717, 1.165) is 9.35 Å². The van der Waals surface area contributed by atoms with E-state index in [1.54, 1.807) is 23.3 Å². The van der Waals surface area contributed by atoms with E-state index in [1.807, 2.05) is 25.3 Å². The lowest BCUT2D eigenvalue weighted by molar-refractivity contribution is -0.154. The summed E-state index contributed by atoms with van der Waals surface area (Å²) in [6.07, 6.45) is 0.976. The number of hydrogen-bond acceptors (Lipinski definition) is 3. The van der Waals surface area contributed by atoms with Crippen LogP contribution in [0.1, 0.15) is 38.0 Å². The predicted molar refractivity (Wildman–Crippen MR) is 83.8 cm³/mol. The zero-order valence-electron chi connectivity index (χ0n) is 12.0. The molecular formula is C14H20BrNO3S. The van der Waals surface area contributed by atoms with Crippen LogP contribution < -0.4 is 0 Å². The van der Waals surface area contributed by atoms with E-state index >= 15 is 0 Å². The van der Waals surface area contributed by atoms with E-state index in [1.165, 1.54) is 0 Å². The maximum atomic E-state index is 12.2. The number of aliphatic carboxylic acids is 1. The Hall–Kier alpha value is -0.880. The van der Waals surface area contributed by atoms with Crippen LogP contribution in [0.3, 0.4) is 0 Å². The lowest BCUT2D eigenvalue weighted by Crippen LogP contribution is -2.37. The summed E-state index contributed by atoms with van der Waals surface area (Å²) in [5.41, 5.74) is -0.943. The standard InChI is InChI=1S/C14H20BrNO3S/c1-4-14(5-2,13(18)19)7-12(17)16(3)8-11-6-10(15)9-20-11/h6,9H,4-5,7-8H2,1-3H3,(H,18,19).